The fraction of sp³-hybridized carbons (Fsp3) is 0.238. The number of carbonyl (C=O) groups is 4. The Balaban J connectivity index is 1.18. The van der Waals surface area contributed by atoms with Crippen LogP contribution in [-0.4, -0.2) is 52.7 Å². The first-order chi connectivity index (χ1) is 27.6. The van der Waals surface area contributed by atoms with E-state index in [-0.39, 0.29) is 28.1 Å². The Bertz CT molecular complexity index is 2500. The second-order valence-corrected chi connectivity index (χ2v) is 15.5. The van der Waals surface area contributed by atoms with Crippen molar-refractivity contribution in [1.82, 2.24) is 0 Å². The topological polar surface area (TPSA) is 113 Å². The highest BCUT2D eigenvalue weighted by atomic mass is 35.5. The zero-order valence-corrected chi connectivity index (χ0v) is 31.8. The Labute approximate surface area is 336 Å². The van der Waals surface area contributed by atoms with Crippen molar-refractivity contribution in [3.8, 4) is 17.2 Å². The number of nitrogens with zero attached hydrogens (tertiary/aromatic N) is 2. The van der Waals surface area contributed by atoms with Crippen molar-refractivity contribution >= 4 is 70.4 Å². The molecule has 4 aromatic rings. The van der Waals surface area contributed by atoms with E-state index in [1.807, 2.05) is 0 Å². The predicted molar refractivity (Wildman–Crippen MR) is 202 cm³/mol. The highest BCUT2D eigenvalue weighted by molar-refractivity contribution is 6.58. The summed E-state index contributed by atoms with van der Waals surface area (Å²) in [6, 6.07) is 17.3. The number of allylic oxidation sites excluding steroid dienone is 2. The van der Waals surface area contributed by atoms with E-state index >= 15 is 8.78 Å². The average molecular weight is 840 g/mol. The van der Waals surface area contributed by atoms with Crippen LogP contribution in [0.1, 0.15) is 35.4 Å². The summed E-state index contributed by atoms with van der Waals surface area (Å²) in [7, 11) is 3.07. The molecule has 58 heavy (non-hydrogen) atoms. The fourth-order valence-electron chi connectivity index (χ4n) is 8.79. The third-order valence-corrected chi connectivity index (χ3v) is 12.9. The first-order valence-electron chi connectivity index (χ1n) is 17.7. The van der Waals surface area contributed by atoms with Crippen LogP contribution in [0, 0.1) is 46.8 Å². The summed E-state index contributed by atoms with van der Waals surface area (Å²) < 4.78 is 84.4. The first kappa shape index (κ1) is 39.1. The van der Waals surface area contributed by atoms with Crippen molar-refractivity contribution in [3.05, 3.63) is 124 Å². The van der Waals surface area contributed by atoms with E-state index in [4.69, 9.17) is 32.7 Å². The van der Waals surface area contributed by atoms with E-state index in [0.717, 1.165) is 10.5 Å². The number of ether oxygens (including phenoxy) is 2. The van der Waals surface area contributed by atoms with E-state index < -0.39 is 104 Å². The standard InChI is InChI=1S/C42H29Cl2F5N2O7/c1-57-22-13-16-28(58-2)20(17-22)10-7-19-8-11-21(12-9-19)50-37(53)25-15-14-23-26(29(25)38(50)54)18-41(43)39(55)51(36-34(48)32(46)31(45)33(47)35(36)49)40(56)42(41,44)30(23)24-5-3-4-6-27(24)52/h3-14,16-17,25-26,29-30,52H,15,18H2,1-2H3/t25-,26+,29-,30+,41+,42-/m0/s1. The van der Waals surface area contributed by atoms with Crippen LogP contribution < -0.4 is 19.3 Å². The van der Waals surface area contributed by atoms with Crippen molar-refractivity contribution in [3.63, 3.8) is 0 Å². The third-order valence-electron chi connectivity index (χ3n) is 11.5. The van der Waals surface area contributed by atoms with E-state index in [0.29, 0.717) is 17.1 Å². The molecule has 4 aromatic carbocycles. The lowest BCUT2D eigenvalue weighted by Gasteiger charge is -2.50. The minimum absolute atomic E-state index is 0.0589. The molecule has 0 aromatic heterocycles. The number of benzene rings is 4. The van der Waals surface area contributed by atoms with Gasteiger partial charge in [-0.15, -0.1) is 23.2 Å². The Morgan fingerprint density at radius 3 is 2.05 bits per heavy atom. The number of fused-ring (bicyclic) bond motifs is 4. The van der Waals surface area contributed by atoms with Crippen molar-refractivity contribution in [2.24, 2.45) is 17.8 Å². The van der Waals surface area contributed by atoms with Gasteiger partial charge < -0.3 is 14.6 Å². The van der Waals surface area contributed by atoms with Gasteiger partial charge in [-0.05, 0) is 60.7 Å². The SMILES string of the molecule is COc1ccc(OC)c(C=Cc2ccc(N3C(=O)[C@H]4[C@H](CC=C5[C@H]4C[C@@]4(Cl)C(=O)N(c6c(F)c(F)c(F)c(F)c6F)C(=O)[C@@]4(Cl)[C@H]5c4ccccc4O)C3=O)cc2)c1. The third kappa shape index (κ3) is 5.40. The number of halogens is 7. The van der Waals surface area contributed by atoms with Gasteiger partial charge in [0.15, 0.2) is 33.0 Å². The second-order valence-electron chi connectivity index (χ2n) is 14.3. The largest absolute Gasteiger partial charge is 0.508 e. The number of aromatic hydroxyl groups is 1. The number of carbonyl (C=O) groups excluding carboxylic acids is 4. The number of alkyl halides is 2. The molecule has 8 rings (SSSR count). The van der Waals surface area contributed by atoms with E-state index in [2.05, 4.69) is 0 Å². The number of phenols is 1. The predicted octanol–water partition coefficient (Wildman–Crippen LogP) is 8.04. The molecular weight excluding hydrogens is 810 g/mol. The molecule has 0 bridgehead atoms. The molecule has 6 atom stereocenters. The summed E-state index contributed by atoms with van der Waals surface area (Å²) in [5.74, 6) is -21.0. The molecule has 9 nitrogen and oxygen atoms in total. The molecule has 3 fully saturated rings. The molecule has 2 aliphatic heterocycles. The molecule has 0 unspecified atom stereocenters. The maximum absolute atomic E-state index is 15.3. The number of amides is 4. The zero-order valence-electron chi connectivity index (χ0n) is 30.2. The maximum atomic E-state index is 15.3. The quantitative estimate of drug-likeness (QED) is 0.0382. The number of methoxy groups -OCH3 is 2. The molecule has 0 spiro atoms. The van der Waals surface area contributed by atoms with Gasteiger partial charge in [-0.1, -0.05) is 54.1 Å². The van der Waals surface area contributed by atoms with E-state index in [9.17, 15) is 37.5 Å². The lowest BCUT2D eigenvalue weighted by molar-refractivity contribution is -0.125. The van der Waals surface area contributed by atoms with Crippen molar-refractivity contribution in [2.45, 2.75) is 28.5 Å². The van der Waals surface area contributed by atoms with Gasteiger partial charge in [0, 0.05) is 17.0 Å². The monoisotopic (exact) mass is 838 g/mol. The summed E-state index contributed by atoms with van der Waals surface area (Å²) in [4.78, 5) is 52.6. The average Bonchev–Trinajstić information content (AvgIpc) is 3.56. The van der Waals surface area contributed by atoms with Gasteiger partial charge in [-0.25, -0.2) is 26.9 Å². The van der Waals surface area contributed by atoms with Crippen LogP contribution in [0.5, 0.6) is 17.2 Å². The maximum Gasteiger partial charge on any atom is 0.258 e. The Kier molecular flexibility index (Phi) is 9.43. The fourth-order valence-corrected chi connectivity index (χ4v) is 9.72. The van der Waals surface area contributed by atoms with Gasteiger partial charge in [0.2, 0.25) is 17.6 Å². The van der Waals surface area contributed by atoms with Crippen molar-refractivity contribution < 1.29 is 55.7 Å². The molecule has 4 amide bonds. The Morgan fingerprint density at radius 1 is 0.759 bits per heavy atom. The molecular formula is C42H29Cl2F5N2O7. The number of phenolic OH excluding ortho intramolecular Hbond substituents is 1. The van der Waals surface area contributed by atoms with Crippen molar-refractivity contribution in [2.75, 3.05) is 24.0 Å². The summed E-state index contributed by atoms with van der Waals surface area (Å²) in [5, 5.41) is 11.1. The van der Waals surface area contributed by atoms with Crippen molar-refractivity contribution in [1.29, 1.82) is 0 Å². The molecule has 1 N–H and O–H groups in total. The number of hydrogen-bond acceptors (Lipinski definition) is 7. The van der Waals surface area contributed by atoms with Crippen LogP contribution in [0.4, 0.5) is 33.3 Å². The van der Waals surface area contributed by atoms with E-state index in [1.165, 1.54) is 38.5 Å². The molecule has 4 aliphatic rings. The summed E-state index contributed by atoms with van der Waals surface area (Å²) in [6.45, 7) is 0. The van der Waals surface area contributed by atoms with Gasteiger partial charge >= 0.3 is 0 Å². The number of rotatable bonds is 7. The minimum atomic E-state index is -2.75. The number of para-hydroxylation sites is 1. The number of imide groups is 2. The second kappa shape index (κ2) is 14.0. The molecule has 2 saturated heterocycles. The van der Waals surface area contributed by atoms with Crippen LogP contribution in [0.3, 0.4) is 0 Å². The van der Waals surface area contributed by atoms with Crippen LogP contribution in [0.15, 0.2) is 78.4 Å². The molecule has 298 valence electrons. The number of hydrogen-bond donors (Lipinski definition) is 1. The van der Waals surface area contributed by atoms with Gasteiger partial charge in [0.1, 0.15) is 22.9 Å². The van der Waals surface area contributed by atoms with Gasteiger partial charge in [-0.2, -0.15) is 0 Å². The summed E-state index contributed by atoms with van der Waals surface area (Å²) in [5.41, 5.74) is -0.0872. The molecule has 0 radical (unpaired) electrons. The Hall–Kier alpha value is -5.73. The molecule has 1 saturated carbocycles. The normalized spacial score (nSPS) is 26.5. The highest BCUT2D eigenvalue weighted by Gasteiger charge is 2.77. The van der Waals surface area contributed by atoms with Crippen LogP contribution in [0.2, 0.25) is 0 Å². The lowest BCUT2D eigenvalue weighted by atomic mass is 9.56. The van der Waals surface area contributed by atoms with Crippen LogP contribution in [0.25, 0.3) is 12.2 Å². The smallest absolute Gasteiger partial charge is 0.258 e. The highest BCUT2D eigenvalue weighted by Crippen LogP contribution is 2.66. The number of anilines is 2. The first-order valence-corrected chi connectivity index (χ1v) is 18.5. The van der Waals surface area contributed by atoms with E-state index in [1.54, 1.807) is 60.7 Å². The van der Waals surface area contributed by atoms with Gasteiger partial charge in [0.25, 0.3) is 11.8 Å². The summed E-state index contributed by atoms with van der Waals surface area (Å²) >= 11 is 14.3. The summed E-state index contributed by atoms with van der Waals surface area (Å²) in [6.07, 6.45) is 4.42. The lowest BCUT2D eigenvalue weighted by Crippen LogP contribution is -2.60. The molecule has 2 heterocycles. The van der Waals surface area contributed by atoms with Crippen LogP contribution >= 0.6 is 23.2 Å². The minimum Gasteiger partial charge on any atom is -0.508 e. The van der Waals surface area contributed by atoms with Gasteiger partial charge in [-0.3, -0.25) is 24.1 Å². The van der Waals surface area contributed by atoms with Crippen LogP contribution in [-0.2, 0) is 19.2 Å². The molecule has 2 aliphatic carbocycles. The molecule has 16 heteroatoms. The van der Waals surface area contributed by atoms with Gasteiger partial charge in [0.05, 0.1) is 31.7 Å². The zero-order chi connectivity index (χ0) is 41.6. The Morgan fingerprint density at radius 2 is 1.41 bits per heavy atom.